The number of carbonyl (C=O) groups excluding carboxylic acids is 1. The summed E-state index contributed by atoms with van der Waals surface area (Å²) in [4.78, 5) is 10.6. The Labute approximate surface area is 98.8 Å². The molecule has 0 radical (unpaired) electrons. The van der Waals surface area contributed by atoms with Gasteiger partial charge in [-0.3, -0.25) is 4.79 Å². The van der Waals surface area contributed by atoms with Crippen molar-refractivity contribution in [3.05, 3.63) is 47.3 Å². The van der Waals surface area contributed by atoms with Crippen molar-refractivity contribution in [1.82, 2.24) is 9.78 Å². The number of hydrogen-bond donors (Lipinski definition) is 0. The molecule has 4 nitrogen and oxygen atoms in total. The van der Waals surface area contributed by atoms with E-state index < -0.39 is 0 Å². The molecule has 0 aliphatic carbocycles. The Morgan fingerprint density at radius 2 is 2.12 bits per heavy atom. The Bertz CT molecular complexity index is 543. The van der Waals surface area contributed by atoms with Gasteiger partial charge in [0.25, 0.3) is 0 Å². The molecule has 1 aliphatic heterocycles. The monoisotopic (exact) mass is 228 g/mol. The van der Waals surface area contributed by atoms with E-state index in [2.05, 4.69) is 5.10 Å². The van der Waals surface area contributed by atoms with E-state index in [1.807, 2.05) is 23.0 Å². The highest BCUT2D eigenvalue weighted by atomic mass is 16.5. The van der Waals surface area contributed by atoms with Crippen LogP contribution in [0.15, 0.2) is 30.5 Å². The average molecular weight is 228 g/mol. The molecule has 0 bridgehead atoms. The molecular weight excluding hydrogens is 216 g/mol. The zero-order valence-electron chi connectivity index (χ0n) is 9.30. The van der Waals surface area contributed by atoms with Crippen LogP contribution in [0.4, 0.5) is 0 Å². The molecule has 2 heterocycles. The normalized spacial score (nSPS) is 14.4. The quantitative estimate of drug-likeness (QED) is 0.736. The summed E-state index contributed by atoms with van der Waals surface area (Å²) in [5, 5.41) is 4.37. The summed E-state index contributed by atoms with van der Waals surface area (Å²) in [5.74, 6) is 0. The maximum atomic E-state index is 10.6. The summed E-state index contributed by atoms with van der Waals surface area (Å²) in [7, 11) is 0. The molecule has 17 heavy (non-hydrogen) atoms. The van der Waals surface area contributed by atoms with Crippen LogP contribution >= 0.6 is 0 Å². The van der Waals surface area contributed by atoms with Crippen LogP contribution in [-0.2, 0) is 17.8 Å². The van der Waals surface area contributed by atoms with Crippen molar-refractivity contribution < 1.29 is 9.53 Å². The first-order valence-electron chi connectivity index (χ1n) is 5.57. The third kappa shape index (κ3) is 1.76. The summed E-state index contributed by atoms with van der Waals surface area (Å²) >= 11 is 0. The Hall–Kier alpha value is -1.94. The highest BCUT2D eigenvalue weighted by molar-refractivity contribution is 5.75. The Kier molecular flexibility index (Phi) is 2.49. The lowest BCUT2D eigenvalue weighted by molar-refractivity contribution is 0.109. The summed E-state index contributed by atoms with van der Waals surface area (Å²) in [6.45, 7) is 1.38. The van der Waals surface area contributed by atoms with Crippen LogP contribution in [0.2, 0.25) is 0 Å². The fraction of sp³-hybridized carbons (Fsp3) is 0.231. The van der Waals surface area contributed by atoms with Crippen LogP contribution in [0.3, 0.4) is 0 Å². The van der Waals surface area contributed by atoms with Crippen LogP contribution in [0, 0.1) is 0 Å². The van der Waals surface area contributed by atoms with Gasteiger partial charge in [-0.05, 0) is 24.3 Å². The van der Waals surface area contributed by atoms with Crippen molar-refractivity contribution in [3.8, 4) is 5.69 Å². The summed E-state index contributed by atoms with van der Waals surface area (Å²) in [5.41, 5.74) is 4.02. The largest absolute Gasteiger partial charge is 0.376 e. The van der Waals surface area contributed by atoms with Crippen molar-refractivity contribution in [2.75, 3.05) is 6.61 Å². The molecular formula is C13H12N2O2. The number of nitrogens with zero attached hydrogens (tertiary/aromatic N) is 2. The maximum absolute atomic E-state index is 10.6. The zero-order valence-corrected chi connectivity index (χ0v) is 9.30. The average Bonchev–Trinajstić information content (AvgIpc) is 2.83. The van der Waals surface area contributed by atoms with Gasteiger partial charge < -0.3 is 4.74 Å². The first-order valence-corrected chi connectivity index (χ1v) is 5.57. The lowest BCUT2D eigenvalue weighted by Gasteiger charge is -2.14. The minimum Gasteiger partial charge on any atom is -0.376 e. The molecule has 1 aromatic carbocycles. The molecule has 0 spiro atoms. The van der Waals surface area contributed by atoms with Crippen LogP contribution in [0.25, 0.3) is 5.69 Å². The van der Waals surface area contributed by atoms with Crippen molar-refractivity contribution in [2.45, 2.75) is 13.0 Å². The van der Waals surface area contributed by atoms with Gasteiger partial charge in [0, 0.05) is 17.5 Å². The van der Waals surface area contributed by atoms with Gasteiger partial charge in [-0.2, -0.15) is 5.10 Å². The van der Waals surface area contributed by atoms with E-state index in [0.717, 1.165) is 30.6 Å². The molecule has 0 saturated carbocycles. The molecule has 0 unspecified atom stereocenters. The smallest absolute Gasteiger partial charge is 0.150 e. The van der Waals surface area contributed by atoms with Crippen molar-refractivity contribution in [1.29, 1.82) is 0 Å². The fourth-order valence-electron chi connectivity index (χ4n) is 2.06. The fourth-order valence-corrected chi connectivity index (χ4v) is 2.06. The molecule has 0 saturated heterocycles. The molecule has 3 rings (SSSR count). The number of benzene rings is 1. The molecule has 4 heteroatoms. The first kappa shape index (κ1) is 10.2. The standard InChI is InChI=1S/C13H12N2O2/c16-8-10-1-3-12(4-2-10)15-13-5-6-17-9-11(13)7-14-15/h1-4,7-8H,5-6,9H2. The van der Waals surface area contributed by atoms with Gasteiger partial charge >= 0.3 is 0 Å². The predicted molar refractivity (Wildman–Crippen MR) is 62.3 cm³/mol. The number of carbonyl (C=O) groups is 1. The van der Waals surface area contributed by atoms with Crippen LogP contribution < -0.4 is 0 Å². The maximum Gasteiger partial charge on any atom is 0.150 e. The van der Waals surface area contributed by atoms with Crippen molar-refractivity contribution >= 4 is 6.29 Å². The number of rotatable bonds is 2. The van der Waals surface area contributed by atoms with E-state index in [1.165, 1.54) is 5.69 Å². The highest BCUT2D eigenvalue weighted by Gasteiger charge is 2.15. The summed E-state index contributed by atoms with van der Waals surface area (Å²) in [6.07, 6.45) is 3.57. The van der Waals surface area contributed by atoms with E-state index in [0.29, 0.717) is 12.2 Å². The summed E-state index contributed by atoms with van der Waals surface area (Å²) in [6, 6.07) is 7.42. The first-order chi connectivity index (χ1) is 8.38. The third-order valence-corrected chi connectivity index (χ3v) is 2.97. The predicted octanol–water partition coefficient (Wildman–Crippen LogP) is 1.76. The zero-order chi connectivity index (χ0) is 11.7. The van der Waals surface area contributed by atoms with Gasteiger partial charge in [0.1, 0.15) is 6.29 Å². The van der Waals surface area contributed by atoms with Crippen LogP contribution in [0.5, 0.6) is 0 Å². The minimum atomic E-state index is 0.641. The van der Waals surface area contributed by atoms with E-state index in [4.69, 9.17) is 4.74 Å². The Balaban J connectivity index is 2.02. The number of hydrogen-bond acceptors (Lipinski definition) is 3. The molecule has 0 N–H and O–H groups in total. The molecule has 2 aromatic rings. The van der Waals surface area contributed by atoms with Crippen molar-refractivity contribution in [3.63, 3.8) is 0 Å². The van der Waals surface area contributed by atoms with Gasteiger partial charge in [0.15, 0.2) is 0 Å². The third-order valence-electron chi connectivity index (χ3n) is 2.97. The molecule has 1 aliphatic rings. The number of ether oxygens (including phenoxy) is 1. The number of aldehydes is 1. The SMILES string of the molecule is O=Cc1ccc(-n2ncc3c2CCOC3)cc1. The van der Waals surface area contributed by atoms with Crippen LogP contribution in [-0.4, -0.2) is 22.7 Å². The Morgan fingerprint density at radius 1 is 1.29 bits per heavy atom. The molecule has 0 atom stereocenters. The lowest BCUT2D eigenvalue weighted by Crippen LogP contribution is -2.12. The number of fused-ring (bicyclic) bond motifs is 1. The second-order valence-corrected chi connectivity index (χ2v) is 4.04. The van der Waals surface area contributed by atoms with Gasteiger partial charge in [-0.25, -0.2) is 4.68 Å². The van der Waals surface area contributed by atoms with Crippen LogP contribution in [0.1, 0.15) is 21.6 Å². The van der Waals surface area contributed by atoms with E-state index in [1.54, 1.807) is 12.1 Å². The van der Waals surface area contributed by atoms with Gasteiger partial charge in [-0.15, -0.1) is 0 Å². The molecule has 0 fully saturated rings. The topological polar surface area (TPSA) is 44.1 Å². The number of aromatic nitrogens is 2. The van der Waals surface area contributed by atoms with Gasteiger partial charge in [0.05, 0.1) is 30.8 Å². The van der Waals surface area contributed by atoms with E-state index in [9.17, 15) is 4.79 Å². The van der Waals surface area contributed by atoms with E-state index >= 15 is 0 Å². The second-order valence-electron chi connectivity index (χ2n) is 4.04. The molecule has 1 aromatic heterocycles. The summed E-state index contributed by atoms with van der Waals surface area (Å²) < 4.78 is 7.31. The highest BCUT2D eigenvalue weighted by Crippen LogP contribution is 2.20. The minimum absolute atomic E-state index is 0.641. The van der Waals surface area contributed by atoms with Gasteiger partial charge in [0.2, 0.25) is 0 Å². The van der Waals surface area contributed by atoms with Gasteiger partial charge in [-0.1, -0.05) is 0 Å². The second kappa shape index (κ2) is 4.14. The molecule has 0 amide bonds. The lowest BCUT2D eigenvalue weighted by atomic mass is 10.1. The Morgan fingerprint density at radius 3 is 2.88 bits per heavy atom. The van der Waals surface area contributed by atoms with E-state index in [-0.39, 0.29) is 0 Å². The van der Waals surface area contributed by atoms with Crippen molar-refractivity contribution in [2.24, 2.45) is 0 Å². The molecule has 86 valence electrons.